The maximum atomic E-state index is 11.7. The average Bonchev–Trinajstić information content (AvgIpc) is 2.90. The van der Waals surface area contributed by atoms with Gasteiger partial charge in [-0.3, -0.25) is 9.48 Å². The third-order valence-corrected chi connectivity index (χ3v) is 2.52. The van der Waals surface area contributed by atoms with Gasteiger partial charge < -0.3 is 10.4 Å². The molecule has 0 atom stereocenters. The summed E-state index contributed by atoms with van der Waals surface area (Å²) < 4.78 is 1.71. The fourth-order valence-electron chi connectivity index (χ4n) is 1.62. The van der Waals surface area contributed by atoms with Crippen molar-refractivity contribution in [2.45, 2.75) is 19.6 Å². The van der Waals surface area contributed by atoms with E-state index >= 15 is 0 Å². The molecule has 0 radical (unpaired) electrons. The SMILES string of the molecule is O=C(CCn1cccn1)Nc1cccc(CO)c1. The third kappa shape index (κ3) is 3.43. The van der Waals surface area contributed by atoms with Crippen LogP contribution in [0.4, 0.5) is 5.69 Å². The second-order valence-electron chi connectivity index (χ2n) is 3.93. The second kappa shape index (κ2) is 5.97. The van der Waals surface area contributed by atoms with E-state index in [1.54, 1.807) is 35.1 Å². The minimum Gasteiger partial charge on any atom is -0.392 e. The molecule has 1 heterocycles. The van der Waals surface area contributed by atoms with Crippen LogP contribution in [0.25, 0.3) is 0 Å². The number of hydrogen-bond acceptors (Lipinski definition) is 3. The van der Waals surface area contributed by atoms with Crippen LogP contribution >= 0.6 is 0 Å². The highest BCUT2D eigenvalue weighted by molar-refractivity contribution is 5.90. The second-order valence-corrected chi connectivity index (χ2v) is 3.93. The van der Waals surface area contributed by atoms with Gasteiger partial charge in [0.2, 0.25) is 5.91 Å². The van der Waals surface area contributed by atoms with Crippen molar-refractivity contribution in [2.75, 3.05) is 5.32 Å². The smallest absolute Gasteiger partial charge is 0.226 e. The van der Waals surface area contributed by atoms with Crippen LogP contribution in [0.5, 0.6) is 0 Å². The summed E-state index contributed by atoms with van der Waals surface area (Å²) in [6.07, 6.45) is 3.87. The number of aromatic nitrogens is 2. The molecule has 94 valence electrons. The minimum absolute atomic E-state index is 0.0308. The lowest BCUT2D eigenvalue weighted by Gasteiger charge is -2.06. The molecule has 5 heteroatoms. The Bertz CT molecular complexity index is 509. The summed E-state index contributed by atoms with van der Waals surface area (Å²) in [5.74, 6) is -0.0689. The number of carbonyl (C=O) groups excluding carboxylic acids is 1. The van der Waals surface area contributed by atoms with Gasteiger partial charge in [0.05, 0.1) is 6.61 Å². The summed E-state index contributed by atoms with van der Waals surface area (Å²) in [6, 6.07) is 8.98. The topological polar surface area (TPSA) is 67.2 Å². The van der Waals surface area contributed by atoms with Crippen molar-refractivity contribution in [3.05, 3.63) is 48.3 Å². The molecule has 0 aliphatic rings. The molecule has 0 bridgehead atoms. The molecule has 5 nitrogen and oxygen atoms in total. The maximum Gasteiger partial charge on any atom is 0.226 e. The van der Waals surface area contributed by atoms with Gasteiger partial charge in [0.15, 0.2) is 0 Å². The van der Waals surface area contributed by atoms with Crippen molar-refractivity contribution in [3.8, 4) is 0 Å². The first-order valence-corrected chi connectivity index (χ1v) is 5.75. The highest BCUT2D eigenvalue weighted by atomic mass is 16.3. The van der Waals surface area contributed by atoms with Gasteiger partial charge in [-0.1, -0.05) is 12.1 Å². The molecule has 2 N–H and O–H groups in total. The Kier molecular flexibility index (Phi) is 4.09. The van der Waals surface area contributed by atoms with Crippen LogP contribution in [-0.4, -0.2) is 20.8 Å². The standard InChI is InChI=1S/C13H15N3O2/c17-10-11-3-1-4-12(9-11)15-13(18)5-8-16-7-2-6-14-16/h1-4,6-7,9,17H,5,8,10H2,(H,15,18). The Morgan fingerprint density at radius 1 is 1.39 bits per heavy atom. The van der Waals surface area contributed by atoms with Crippen LogP contribution < -0.4 is 5.32 Å². The highest BCUT2D eigenvalue weighted by Crippen LogP contribution is 2.10. The molecule has 1 amide bonds. The summed E-state index contributed by atoms with van der Waals surface area (Å²) in [5.41, 5.74) is 1.48. The number of nitrogens with one attached hydrogen (secondary N) is 1. The van der Waals surface area contributed by atoms with E-state index in [-0.39, 0.29) is 12.5 Å². The Morgan fingerprint density at radius 3 is 3.00 bits per heavy atom. The van der Waals surface area contributed by atoms with Gasteiger partial charge in [-0.25, -0.2) is 0 Å². The van der Waals surface area contributed by atoms with E-state index in [4.69, 9.17) is 5.11 Å². The molecule has 0 saturated heterocycles. The molecular formula is C13H15N3O2. The van der Waals surface area contributed by atoms with Gasteiger partial charge in [0, 0.05) is 31.0 Å². The maximum absolute atomic E-state index is 11.7. The summed E-state index contributed by atoms with van der Waals surface area (Å²) >= 11 is 0. The number of amides is 1. The molecule has 0 unspecified atom stereocenters. The van der Waals surface area contributed by atoms with E-state index < -0.39 is 0 Å². The van der Waals surface area contributed by atoms with Gasteiger partial charge in [-0.2, -0.15) is 5.10 Å². The normalized spacial score (nSPS) is 10.3. The molecule has 18 heavy (non-hydrogen) atoms. The zero-order valence-electron chi connectivity index (χ0n) is 9.91. The Morgan fingerprint density at radius 2 is 2.28 bits per heavy atom. The highest BCUT2D eigenvalue weighted by Gasteiger charge is 2.03. The number of anilines is 1. The molecule has 0 fully saturated rings. The van der Waals surface area contributed by atoms with E-state index in [2.05, 4.69) is 10.4 Å². The van der Waals surface area contributed by atoms with E-state index in [9.17, 15) is 4.79 Å². The van der Waals surface area contributed by atoms with Crippen LogP contribution in [0.2, 0.25) is 0 Å². The number of rotatable bonds is 5. The zero-order valence-corrected chi connectivity index (χ0v) is 9.91. The first-order chi connectivity index (χ1) is 8.78. The number of nitrogens with zero attached hydrogens (tertiary/aromatic N) is 2. The summed E-state index contributed by atoms with van der Waals surface area (Å²) in [7, 11) is 0. The fourth-order valence-corrected chi connectivity index (χ4v) is 1.62. The van der Waals surface area contributed by atoms with Gasteiger partial charge in [0.1, 0.15) is 0 Å². The number of benzene rings is 1. The van der Waals surface area contributed by atoms with Crippen molar-refractivity contribution in [2.24, 2.45) is 0 Å². The molecule has 0 aliphatic carbocycles. The quantitative estimate of drug-likeness (QED) is 0.836. The first kappa shape index (κ1) is 12.3. The largest absolute Gasteiger partial charge is 0.392 e. The minimum atomic E-state index is -0.0689. The van der Waals surface area contributed by atoms with Crippen LogP contribution in [0, 0.1) is 0 Å². The van der Waals surface area contributed by atoms with Gasteiger partial charge in [-0.05, 0) is 23.8 Å². The monoisotopic (exact) mass is 245 g/mol. The summed E-state index contributed by atoms with van der Waals surface area (Å²) in [5, 5.41) is 15.8. The van der Waals surface area contributed by atoms with Crippen molar-refractivity contribution in [1.82, 2.24) is 9.78 Å². The van der Waals surface area contributed by atoms with E-state index in [1.165, 1.54) is 0 Å². The molecular weight excluding hydrogens is 230 g/mol. The predicted molar refractivity (Wildman–Crippen MR) is 67.8 cm³/mol. The molecule has 2 aromatic rings. The Hall–Kier alpha value is -2.14. The molecule has 0 aliphatic heterocycles. The zero-order chi connectivity index (χ0) is 12.8. The Balaban J connectivity index is 1.86. The van der Waals surface area contributed by atoms with E-state index in [0.29, 0.717) is 18.7 Å². The fraction of sp³-hybridized carbons (Fsp3) is 0.231. The summed E-state index contributed by atoms with van der Waals surface area (Å²) in [6.45, 7) is 0.523. The number of aryl methyl sites for hydroxylation is 1. The molecule has 0 saturated carbocycles. The van der Waals surface area contributed by atoms with Crippen LogP contribution in [0.1, 0.15) is 12.0 Å². The van der Waals surface area contributed by atoms with Gasteiger partial charge in [0.25, 0.3) is 0 Å². The number of aliphatic hydroxyl groups excluding tert-OH is 1. The van der Waals surface area contributed by atoms with E-state index in [0.717, 1.165) is 5.56 Å². The number of aliphatic hydroxyl groups is 1. The molecule has 1 aromatic carbocycles. The average molecular weight is 245 g/mol. The lowest BCUT2D eigenvalue weighted by Crippen LogP contribution is -2.14. The lowest BCUT2D eigenvalue weighted by molar-refractivity contribution is -0.116. The molecule has 2 rings (SSSR count). The van der Waals surface area contributed by atoms with Crippen molar-refractivity contribution >= 4 is 11.6 Å². The number of hydrogen-bond donors (Lipinski definition) is 2. The third-order valence-electron chi connectivity index (χ3n) is 2.52. The van der Waals surface area contributed by atoms with Gasteiger partial charge in [-0.15, -0.1) is 0 Å². The van der Waals surface area contributed by atoms with Crippen LogP contribution in [-0.2, 0) is 17.9 Å². The van der Waals surface area contributed by atoms with Crippen LogP contribution in [0.15, 0.2) is 42.7 Å². The predicted octanol–water partition coefficient (Wildman–Crippen LogP) is 1.40. The van der Waals surface area contributed by atoms with Crippen molar-refractivity contribution in [3.63, 3.8) is 0 Å². The van der Waals surface area contributed by atoms with Crippen molar-refractivity contribution in [1.29, 1.82) is 0 Å². The van der Waals surface area contributed by atoms with Crippen molar-refractivity contribution < 1.29 is 9.90 Å². The summed E-state index contributed by atoms with van der Waals surface area (Å²) in [4.78, 5) is 11.7. The number of carbonyl (C=O) groups is 1. The molecule has 0 spiro atoms. The first-order valence-electron chi connectivity index (χ1n) is 5.75. The lowest BCUT2D eigenvalue weighted by atomic mass is 10.2. The Labute approximate surface area is 105 Å². The van der Waals surface area contributed by atoms with Gasteiger partial charge >= 0.3 is 0 Å². The molecule has 1 aromatic heterocycles. The van der Waals surface area contributed by atoms with E-state index in [1.807, 2.05) is 12.3 Å². The van der Waals surface area contributed by atoms with Crippen LogP contribution in [0.3, 0.4) is 0 Å².